The van der Waals surface area contributed by atoms with Gasteiger partial charge in [-0.2, -0.15) is 0 Å². The number of likely N-dealkylation sites (tertiary alicyclic amines) is 1. The van der Waals surface area contributed by atoms with Gasteiger partial charge in [-0.1, -0.05) is 12.1 Å². The smallest absolute Gasteiger partial charge is 0.289 e. The maximum Gasteiger partial charge on any atom is 0.289 e. The van der Waals surface area contributed by atoms with Crippen LogP contribution in [-0.4, -0.2) is 35.5 Å². The van der Waals surface area contributed by atoms with Gasteiger partial charge in [-0.15, -0.1) is 0 Å². The number of benzene rings is 1. The molecule has 0 atom stereocenters. The van der Waals surface area contributed by atoms with E-state index in [2.05, 4.69) is 17.1 Å². The Balaban J connectivity index is 1.29. The van der Waals surface area contributed by atoms with Gasteiger partial charge in [0, 0.05) is 31.0 Å². The van der Waals surface area contributed by atoms with Crippen LogP contribution in [0.3, 0.4) is 0 Å². The van der Waals surface area contributed by atoms with Crippen molar-refractivity contribution in [3.8, 4) is 5.75 Å². The number of hydrogen-bond donors (Lipinski definition) is 0. The van der Waals surface area contributed by atoms with Gasteiger partial charge in [0.05, 0.1) is 18.5 Å². The van der Waals surface area contributed by atoms with Crippen LogP contribution in [0.4, 0.5) is 0 Å². The highest BCUT2D eigenvalue weighted by molar-refractivity contribution is 5.91. The van der Waals surface area contributed by atoms with E-state index in [0.717, 1.165) is 30.6 Å². The predicted octanol–water partition coefficient (Wildman–Crippen LogP) is 3.96. The van der Waals surface area contributed by atoms with E-state index in [9.17, 15) is 4.79 Å². The molecule has 3 aromatic rings. The lowest BCUT2D eigenvalue weighted by atomic mass is 9.79. The molecule has 6 heteroatoms. The first kappa shape index (κ1) is 18.9. The average molecular weight is 404 g/mol. The normalized spacial score (nSPS) is 17.5. The first-order valence-electron chi connectivity index (χ1n) is 10.4. The molecule has 1 amide bonds. The molecule has 2 aromatic heterocycles. The SMILES string of the molecule is O=C(c1ccco1)N1CCC2(CC1)OCCc1cc(OCc3cccnc3)ccc12. The molecule has 2 aliphatic rings. The van der Waals surface area contributed by atoms with Crippen molar-refractivity contribution in [2.24, 2.45) is 0 Å². The quantitative estimate of drug-likeness (QED) is 0.659. The summed E-state index contributed by atoms with van der Waals surface area (Å²) in [5.41, 5.74) is 3.22. The fraction of sp³-hybridized carbons (Fsp3) is 0.333. The number of nitrogens with zero attached hydrogens (tertiary/aromatic N) is 2. The second-order valence-electron chi connectivity index (χ2n) is 7.83. The number of furan rings is 1. The second-order valence-corrected chi connectivity index (χ2v) is 7.83. The summed E-state index contributed by atoms with van der Waals surface area (Å²) < 4.78 is 17.6. The Morgan fingerprint density at radius 1 is 1.17 bits per heavy atom. The van der Waals surface area contributed by atoms with E-state index >= 15 is 0 Å². The summed E-state index contributed by atoms with van der Waals surface area (Å²) >= 11 is 0. The Kier molecular flexibility index (Phi) is 5.01. The number of rotatable bonds is 4. The molecule has 0 bridgehead atoms. The van der Waals surface area contributed by atoms with E-state index in [1.165, 1.54) is 17.4 Å². The highest BCUT2D eigenvalue weighted by Crippen LogP contribution is 2.42. The summed E-state index contributed by atoms with van der Waals surface area (Å²) in [5.74, 6) is 1.21. The molecular weight excluding hydrogens is 380 g/mol. The lowest BCUT2D eigenvalue weighted by Gasteiger charge is -2.45. The second kappa shape index (κ2) is 7.95. The van der Waals surface area contributed by atoms with Crippen LogP contribution < -0.4 is 4.74 Å². The number of ether oxygens (including phenoxy) is 2. The van der Waals surface area contributed by atoms with Crippen molar-refractivity contribution in [1.29, 1.82) is 0 Å². The number of piperidine rings is 1. The fourth-order valence-corrected chi connectivity index (χ4v) is 4.44. The Labute approximate surface area is 175 Å². The van der Waals surface area contributed by atoms with Gasteiger partial charge >= 0.3 is 0 Å². The first-order valence-corrected chi connectivity index (χ1v) is 10.4. The van der Waals surface area contributed by atoms with E-state index < -0.39 is 0 Å². The van der Waals surface area contributed by atoms with Gasteiger partial charge in [-0.25, -0.2) is 0 Å². The molecule has 1 saturated heterocycles. The third-order valence-electron chi connectivity index (χ3n) is 6.04. The molecule has 0 saturated carbocycles. The lowest BCUT2D eigenvalue weighted by molar-refractivity contribution is -0.0937. The number of carbonyl (C=O) groups is 1. The highest BCUT2D eigenvalue weighted by Gasteiger charge is 2.42. The fourth-order valence-electron chi connectivity index (χ4n) is 4.44. The number of carbonyl (C=O) groups excluding carboxylic acids is 1. The van der Waals surface area contributed by atoms with Gasteiger partial charge in [0.25, 0.3) is 5.91 Å². The van der Waals surface area contributed by atoms with Gasteiger partial charge in [0.15, 0.2) is 5.76 Å². The molecule has 0 N–H and O–H groups in total. The molecular formula is C24H24N2O4. The molecule has 1 spiro atoms. The van der Waals surface area contributed by atoms with Crippen LogP contribution in [0.2, 0.25) is 0 Å². The standard InChI is InChI=1S/C24H24N2O4/c27-23(22-4-2-13-28-22)26-11-8-24(9-12-26)21-6-5-20(15-19(21)7-14-30-24)29-17-18-3-1-10-25-16-18/h1-6,10,13,15-16H,7-9,11-12,14,17H2. The summed E-state index contributed by atoms with van der Waals surface area (Å²) in [6.45, 7) is 2.49. The Hall–Kier alpha value is -3.12. The average Bonchev–Trinajstić information content (AvgIpc) is 3.34. The van der Waals surface area contributed by atoms with Crippen LogP contribution in [0, 0.1) is 0 Å². The van der Waals surface area contributed by atoms with Crippen molar-refractivity contribution in [2.75, 3.05) is 19.7 Å². The van der Waals surface area contributed by atoms with Gasteiger partial charge < -0.3 is 18.8 Å². The van der Waals surface area contributed by atoms with Gasteiger partial charge in [0.1, 0.15) is 12.4 Å². The molecule has 4 heterocycles. The van der Waals surface area contributed by atoms with Gasteiger partial charge in [-0.05, 0) is 60.7 Å². The molecule has 0 radical (unpaired) electrons. The monoisotopic (exact) mass is 404 g/mol. The van der Waals surface area contributed by atoms with Crippen molar-refractivity contribution < 1.29 is 18.7 Å². The molecule has 154 valence electrons. The first-order chi connectivity index (χ1) is 14.7. The Morgan fingerprint density at radius 2 is 2.07 bits per heavy atom. The maximum atomic E-state index is 12.6. The predicted molar refractivity (Wildman–Crippen MR) is 110 cm³/mol. The van der Waals surface area contributed by atoms with Crippen molar-refractivity contribution in [3.63, 3.8) is 0 Å². The maximum absolute atomic E-state index is 12.6. The zero-order valence-electron chi connectivity index (χ0n) is 16.8. The highest BCUT2D eigenvalue weighted by atomic mass is 16.5. The molecule has 6 nitrogen and oxygen atoms in total. The molecule has 0 unspecified atom stereocenters. The molecule has 1 fully saturated rings. The summed E-state index contributed by atoms with van der Waals surface area (Å²) in [6.07, 6.45) is 7.54. The largest absolute Gasteiger partial charge is 0.489 e. The molecule has 2 aliphatic heterocycles. The van der Waals surface area contributed by atoms with E-state index in [1.807, 2.05) is 29.3 Å². The molecule has 30 heavy (non-hydrogen) atoms. The zero-order chi connectivity index (χ0) is 20.4. The van der Waals surface area contributed by atoms with Crippen LogP contribution in [0.15, 0.2) is 65.5 Å². The van der Waals surface area contributed by atoms with Crippen LogP contribution in [0.1, 0.15) is 40.1 Å². The zero-order valence-corrected chi connectivity index (χ0v) is 16.8. The van der Waals surface area contributed by atoms with E-state index in [0.29, 0.717) is 32.1 Å². The van der Waals surface area contributed by atoms with Crippen LogP contribution in [-0.2, 0) is 23.4 Å². The number of pyridine rings is 1. The molecule has 5 rings (SSSR count). The Bertz CT molecular complexity index is 1010. The third-order valence-corrected chi connectivity index (χ3v) is 6.04. The number of fused-ring (bicyclic) bond motifs is 2. The van der Waals surface area contributed by atoms with Crippen LogP contribution >= 0.6 is 0 Å². The van der Waals surface area contributed by atoms with Crippen molar-refractivity contribution in [1.82, 2.24) is 9.88 Å². The Morgan fingerprint density at radius 3 is 2.83 bits per heavy atom. The minimum atomic E-state index is -0.324. The lowest BCUT2D eigenvalue weighted by Crippen LogP contribution is -2.48. The number of hydrogen-bond acceptors (Lipinski definition) is 5. The van der Waals surface area contributed by atoms with Crippen molar-refractivity contribution in [3.05, 3.63) is 83.6 Å². The van der Waals surface area contributed by atoms with Crippen LogP contribution in [0.25, 0.3) is 0 Å². The summed E-state index contributed by atoms with van der Waals surface area (Å²) in [6, 6.07) is 13.7. The molecule has 0 aliphatic carbocycles. The van der Waals surface area contributed by atoms with E-state index in [1.54, 1.807) is 18.3 Å². The van der Waals surface area contributed by atoms with E-state index in [4.69, 9.17) is 13.9 Å². The minimum Gasteiger partial charge on any atom is -0.489 e. The summed E-state index contributed by atoms with van der Waals surface area (Å²) in [5, 5.41) is 0. The third kappa shape index (κ3) is 3.59. The summed E-state index contributed by atoms with van der Waals surface area (Å²) in [7, 11) is 0. The minimum absolute atomic E-state index is 0.0509. The number of amides is 1. The van der Waals surface area contributed by atoms with Crippen molar-refractivity contribution in [2.45, 2.75) is 31.5 Å². The molecule has 1 aromatic carbocycles. The van der Waals surface area contributed by atoms with Gasteiger partial charge in [0.2, 0.25) is 0 Å². The van der Waals surface area contributed by atoms with E-state index in [-0.39, 0.29) is 11.5 Å². The van der Waals surface area contributed by atoms with Gasteiger partial charge in [-0.3, -0.25) is 9.78 Å². The topological polar surface area (TPSA) is 64.8 Å². The van der Waals surface area contributed by atoms with Crippen LogP contribution in [0.5, 0.6) is 5.75 Å². The van der Waals surface area contributed by atoms with Crippen molar-refractivity contribution >= 4 is 5.91 Å². The number of aromatic nitrogens is 1. The summed E-state index contributed by atoms with van der Waals surface area (Å²) in [4.78, 5) is 18.6.